The maximum absolute atomic E-state index is 3.69. The summed E-state index contributed by atoms with van der Waals surface area (Å²) in [6.07, 6.45) is 0. The van der Waals surface area contributed by atoms with Gasteiger partial charge in [-0.05, 0) is 33.4 Å². The molecule has 1 nitrogen and oxygen atoms in total. The lowest BCUT2D eigenvalue weighted by atomic mass is 9.82. The minimum atomic E-state index is 0.206. The quantitative estimate of drug-likeness (QED) is 0.844. The summed E-state index contributed by atoms with van der Waals surface area (Å²) in [4.78, 5) is 0. The van der Waals surface area contributed by atoms with Crippen LogP contribution in [-0.2, 0) is 6.54 Å². The topological polar surface area (TPSA) is 12.0 Å². The van der Waals surface area contributed by atoms with Crippen molar-refractivity contribution in [3.8, 4) is 0 Å². The van der Waals surface area contributed by atoms with Crippen LogP contribution in [0.25, 0.3) is 0 Å². The average Bonchev–Trinajstić information content (AvgIpc) is 2.82. The first-order chi connectivity index (χ1) is 8.57. The SMILES string of the molecule is CC(C)(C)C(NCc1ccsc1)c1ccccc1. The van der Waals surface area contributed by atoms with E-state index >= 15 is 0 Å². The Labute approximate surface area is 114 Å². The molecule has 2 aromatic rings. The molecule has 1 heterocycles. The van der Waals surface area contributed by atoms with E-state index in [9.17, 15) is 0 Å². The molecule has 0 aliphatic heterocycles. The van der Waals surface area contributed by atoms with Crippen molar-refractivity contribution in [3.63, 3.8) is 0 Å². The summed E-state index contributed by atoms with van der Waals surface area (Å²) in [5.74, 6) is 0. The minimum Gasteiger partial charge on any atom is -0.305 e. The second kappa shape index (κ2) is 5.68. The Kier molecular flexibility index (Phi) is 4.20. The molecule has 0 bridgehead atoms. The van der Waals surface area contributed by atoms with Crippen molar-refractivity contribution in [2.45, 2.75) is 33.4 Å². The van der Waals surface area contributed by atoms with E-state index in [2.05, 4.69) is 73.2 Å². The molecule has 1 N–H and O–H groups in total. The van der Waals surface area contributed by atoms with Crippen LogP contribution < -0.4 is 5.32 Å². The highest BCUT2D eigenvalue weighted by atomic mass is 32.1. The molecular weight excluding hydrogens is 238 g/mol. The van der Waals surface area contributed by atoms with Gasteiger partial charge in [-0.3, -0.25) is 0 Å². The van der Waals surface area contributed by atoms with Gasteiger partial charge in [0.05, 0.1) is 0 Å². The monoisotopic (exact) mass is 259 g/mol. The van der Waals surface area contributed by atoms with Crippen molar-refractivity contribution in [1.29, 1.82) is 0 Å². The van der Waals surface area contributed by atoms with Gasteiger partial charge in [-0.25, -0.2) is 0 Å². The van der Waals surface area contributed by atoms with Gasteiger partial charge in [0.15, 0.2) is 0 Å². The zero-order valence-electron chi connectivity index (χ0n) is 11.3. The van der Waals surface area contributed by atoms with E-state index in [-0.39, 0.29) is 5.41 Å². The summed E-state index contributed by atoms with van der Waals surface area (Å²) >= 11 is 1.75. The predicted molar refractivity (Wildman–Crippen MR) is 79.8 cm³/mol. The van der Waals surface area contributed by atoms with Crippen LogP contribution in [0.4, 0.5) is 0 Å². The molecule has 0 spiro atoms. The summed E-state index contributed by atoms with van der Waals surface area (Å²) in [5, 5.41) is 8.02. The number of benzene rings is 1. The van der Waals surface area contributed by atoms with Gasteiger partial charge in [0.2, 0.25) is 0 Å². The standard InChI is InChI=1S/C16H21NS/c1-16(2,3)15(14-7-5-4-6-8-14)17-11-13-9-10-18-12-13/h4-10,12,15,17H,11H2,1-3H3. The number of rotatable bonds is 4. The Morgan fingerprint density at radius 1 is 1.11 bits per heavy atom. The van der Waals surface area contributed by atoms with Crippen LogP contribution in [-0.4, -0.2) is 0 Å². The van der Waals surface area contributed by atoms with E-state index in [1.807, 2.05) is 0 Å². The van der Waals surface area contributed by atoms with Crippen LogP contribution in [0.2, 0.25) is 0 Å². The van der Waals surface area contributed by atoms with Gasteiger partial charge >= 0.3 is 0 Å². The highest BCUT2D eigenvalue weighted by molar-refractivity contribution is 7.07. The Hall–Kier alpha value is -1.12. The lowest BCUT2D eigenvalue weighted by Gasteiger charge is -2.32. The Morgan fingerprint density at radius 2 is 1.83 bits per heavy atom. The minimum absolute atomic E-state index is 0.206. The van der Waals surface area contributed by atoms with Gasteiger partial charge < -0.3 is 5.32 Å². The highest BCUT2D eigenvalue weighted by Gasteiger charge is 2.25. The highest BCUT2D eigenvalue weighted by Crippen LogP contribution is 2.32. The van der Waals surface area contributed by atoms with Crippen LogP contribution in [0.3, 0.4) is 0 Å². The van der Waals surface area contributed by atoms with Crippen molar-refractivity contribution in [1.82, 2.24) is 5.32 Å². The second-order valence-electron chi connectivity index (χ2n) is 5.72. The molecule has 0 aliphatic carbocycles. The summed E-state index contributed by atoms with van der Waals surface area (Å²) in [6.45, 7) is 7.78. The molecule has 0 saturated heterocycles. The largest absolute Gasteiger partial charge is 0.305 e. The first-order valence-electron chi connectivity index (χ1n) is 6.37. The van der Waals surface area contributed by atoms with Crippen LogP contribution >= 0.6 is 11.3 Å². The number of hydrogen-bond acceptors (Lipinski definition) is 2. The van der Waals surface area contributed by atoms with Crippen LogP contribution in [0, 0.1) is 5.41 Å². The van der Waals surface area contributed by atoms with Crippen molar-refractivity contribution < 1.29 is 0 Å². The summed E-state index contributed by atoms with van der Waals surface area (Å²) in [5.41, 5.74) is 2.93. The smallest absolute Gasteiger partial charge is 0.0372 e. The average molecular weight is 259 g/mol. The van der Waals surface area contributed by atoms with Crippen molar-refractivity contribution in [2.75, 3.05) is 0 Å². The third-order valence-electron chi connectivity index (χ3n) is 3.09. The van der Waals surface area contributed by atoms with E-state index < -0.39 is 0 Å². The number of hydrogen-bond donors (Lipinski definition) is 1. The van der Waals surface area contributed by atoms with Gasteiger partial charge in [0, 0.05) is 12.6 Å². The summed E-state index contributed by atoms with van der Waals surface area (Å²) < 4.78 is 0. The van der Waals surface area contributed by atoms with E-state index in [1.165, 1.54) is 11.1 Å². The Morgan fingerprint density at radius 3 is 2.39 bits per heavy atom. The molecule has 1 unspecified atom stereocenters. The fourth-order valence-corrected chi connectivity index (χ4v) is 2.85. The molecule has 2 heteroatoms. The molecule has 2 rings (SSSR count). The fraction of sp³-hybridized carbons (Fsp3) is 0.375. The Bertz CT molecular complexity index is 454. The molecule has 0 saturated carbocycles. The van der Waals surface area contributed by atoms with E-state index in [1.54, 1.807) is 11.3 Å². The Balaban J connectivity index is 2.12. The summed E-state index contributed by atoms with van der Waals surface area (Å²) in [7, 11) is 0. The fourth-order valence-electron chi connectivity index (χ4n) is 2.18. The van der Waals surface area contributed by atoms with Crippen LogP contribution in [0.15, 0.2) is 47.2 Å². The maximum Gasteiger partial charge on any atom is 0.0372 e. The molecule has 0 fully saturated rings. The van der Waals surface area contributed by atoms with Gasteiger partial charge in [-0.1, -0.05) is 51.1 Å². The molecule has 0 amide bonds. The molecule has 1 aromatic heterocycles. The van der Waals surface area contributed by atoms with Gasteiger partial charge in [0.25, 0.3) is 0 Å². The molecule has 1 aromatic carbocycles. The second-order valence-corrected chi connectivity index (χ2v) is 6.50. The lowest BCUT2D eigenvalue weighted by molar-refractivity contribution is 0.271. The third kappa shape index (κ3) is 3.44. The van der Waals surface area contributed by atoms with Crippen molar-refractivity contribution >= 4 is 11.3 Å². The molecular formula is C16H21NS. The first kappa shape index (κ1) is 13.3. The van der Waals surface area contributed by atoms with E-state index in [4.69, 9.17) is 0 Å². The zero-order valence-corrected chi connectivity index (χ0v) is 12.1. The molecule has 0 aliphatic rings. The van der Waals surface area contributed by atoms with Crippen LogP contribution in [0.1, 0.15) is 37.9 Å². The van der Waals surface area contributed by atoms with Crippen molar-refractivity contribution in [3.05, 3.63) is 58.3 Å². The van der Waals surface area contributed by atoms with E-state index in [0.29, 0.717) is 6.04 Å². The third-order valence-corrected chi connectivity index (χ3v) is 3.82. The number of thiophene rings is 1. The normalized spacial score (nSPS) is 13.5. The molecule has 18 heavy (non-hydrogen) atoms. The van der Waals surface area contributed by atoms with Crippen molar-refractivity contribution in [2.24, 2.45) is 5.41 Å². The molecule has 96 valence electrons. The van der Waals surface area contributed by atoms with Gasteiger partial charge in [-0.15, -0.1) is 0 Å². The van der Waals surface area contributed by atoms with Crippen LogP contribution in [0.5, 0.6) is 0 Å². The molecule has 1 atom stereocenters. The summed E-state index contributed by atoms with van der Waals surface area (Å²) in [6, 6.07) is 13.3. The predicted octanol–water partition coefficient (Wildman–Crippen LogP) is 4.63. The molecule has 0 radical (unpaired) electrons. The lowest BCUT2D eigenvalue weighted by Crippen LogP contribution is -2.31. The first-order valence-corrected chi connectivity index (χ1v) is 7.31. The van der Waals surface area contributed by atoms with E-state index in [0.717, 1.165) is 6.54 Å². The van der Waals surface area contributed by atoms with Gasteiger partial charge in [0.1, 0.15) is 0 Å². The zero-order chi connectivity index (χ0) is 13.0. The van der Waals surface area contributed by atoms with Gasteiger partial charge in [-0.2, -0.15) is 11.3 Å². The number of nitrogens with one attached hydrogen (secondary N) is 1. The maximum atomic E-state index is 3.69.